The van der Waals surface area contributed by atoms with Crippen LogP contribution in [0.3, 0.4) is 0 Å². The van der Waals surface area contributed by atoms with Gasteiger partial charge in [0.15, 0.2) is 0 Å². The van der Waals surface area contributed by atoms with Crippen LogP contribution in [0.2, 0.25) is 17.4 Å². The Morgan fingerprint density at radius 2 is 1.10 bits per heavy atom. The maximum absolute atomic E-state index is 13.5. The van der Waals surface area contributed by atoms with Crippen LogP contribution in [-0.2, 0) is 0 Å². The van der Waals surface area contributed by atoms with Crippen molar-refractivity contribution in [3.63, 3.8) is 0 Å². The molecule has 0 saturated heterocycles. The zero-order valence-corrected chi connectivity index (χ0v) is 26.3. The molecule has 4 aromatic carbocycles. The van der Waals surface area contributed by atoms with E-state index >= 15 is 0 Å². The molecule has 0 radical (unpaired) electrons. The highest BCUT2D eigenvalue weighted by molar-refractivity contribution is 9.10. The lowest BCUT2D eigenvalue weighted by atomic mass is 10.2. The van der Waals surface area contributed by atoms with E-state index in [1.54, 1.807) is 24.3 Å². The maximum Gasteiger partial charge on any atom is 0.251 e. The van der Waals surface area contributed by atoms with Crippen molar-refractivity contribution in [1.82, 2.24) is 0 Å². The molecule has 4 N–H and O–H groups in total. The van der Waals surface area contributed by atoms with E-state index in [0.29, 0.717) is 5.69 Å². The summed E-state index contributed by atoms with van der Waals surface area (Å²) in [6.45, 7) is 0. The van der Waals surface area contributed by atoms with Crippen LogP contribution >= 0.6 is 31.9 Å². The number of rotatable bonds is 2. The molecular weight excluding hydrogens is 667 g/mol. The molecule has 0 bridgehead atoms. The van der Waals surface area contributed by atoms with Crippen LogP contribution in [-0.4, -0.2) is 20.0 Å². The standard InChI is InChI=1S/C13H9BrF2N2.C7H3F2N.C6H6BrN.3CH3.Al/c14-8-4-6-9(7-5-8)18-13(17)12-10(15)2-1-3-11(12)16;8-6-2-1-3-7(9)5(6)4-10;7-5-1-3-6(8)4-2-5;;;;/h1-7H,(H2,17,18);1-3H;1-4H,8H2;3*1H3;. The number of amidine groups is 1. The Hall–Kier alpha value is -3.15. The van der Waals surface area contributed by atoms with Gasteiger partial charge in [-0.05, 0) is 72.8 Å². The second-order valence-electron chi connectivity index (χ2n) is 8.56. The molecule has 0 aliphatic rings. The second-order valence-corrected chi connectivity index (χ2v) is 13.9. The average molecular weight is 694 g/mol. The van der Waals surface area contributed by atoms with E-state index in [-0.39, 0.29) is 25.5 Å². The van der Waals surface area contributed by atoms with Gasteiger partial charge in [-0.25, -0.2) is 22.6 Å². The first-order valence-corrected chi connectivity index (χ1v) is 16.8. The molecule has 0 atom stereocenters. The fraction of sp³-hybridized carbons (Fsp3) is 0.103. The van der Waals surface area contributed by atoms with Gasteiger partial charge in [-0.3, -0.25) is 0 Å². The molecule has 4 aromatic rings. The van der Waals surface area contributed by atoms with Crippen molar-refractivity contribution in [3.8, 4) is 6.07 Å². The molecule has 0 aromatic heterocycles. The predicted molar refractivity (Wildman–Crippen MR) is 164 cm³/mol. The third kappa shape index (κ3) is 13.3. The van der Waals surface area contributed by atoms with Crippen molar-refractivity contribution in [2.75, 3.05) is 5.73 Å². The van der Waals surface area contributed by atoms with Gasteiger partial charge in [0.05, 0.1) is 11.3 Å². The summed E-state index contributed by atoms with van der Waals surface area (Å²) < 4.78 is 53.6. The molecule has 4 rings (SSSR count). The van der Waals surface area contributed by atoms with E-state index in [0.717, 1.165) is 38.9 Å². The molecule has 0 aliphatic carbocycles. The molecule has 0 aliphatic heterocycles. The molecular formula is C29H27AlBr2F4N4. The van der Waals surface area contributed by atoms with E-state index in [2.05, 4.69) is 54.2 Å². The van der Waals surface area contributed by atoms with Crippen molar-refractivity contribution < 1.29 is 17.6 Å². The number of nitriles is 1. The maximum atomic E-state index is 13.5. The van der Waals surface area contributed by atoms with Gasteiger partial charge in [-0.2, -0.15) is 5.26 Å². The van der Waals surface area contributed by atoms with Gasteiger partial charge in [-0.15, -0.1) is 17.4 Å². The summed E-state index contributed by atoms with van der Waals surface area (Å²) >= 11 is 6.43. The molecule has 4 nitrogen and oxygen atoms in total. The zero-order chi connectivity index (χ0) is 30.2. The van der Waals surface area contributed by atoms with E-state index in [1.165, 1.54) is 18.2 Å². The molecule has 0 saturated carbocycles. The topological polar surface area (TPSA) is 88.2 Å². The Kier molecular flexibility index (Phi) is 15.9. The van der Waals surface area contributed by atoms with E-state index in [4.69, 9.17) is 16.7 Å². The number of hydrogen-bond donors (Lipinski definition) is 2. The highest BCUT2D eigenvalue weighted by atomic mass is 79.9. The smallest absolute Gasteiger partial charge is 0.251 e. The Balaban J connectivity index is 0.000000306. The van der Waals surface area contributed by atoms with E-state index in [1.807, 2.05) is 24.3 Å². The van der Waals surface area contributed by atoms with Gasteiger partial charge >= 0.3 is 0 Å². The van der Waals surface area contributed by atoms with Crippen LogP contribution in [0.25, 0.3) is 0 Å². The quantitative estimate of drug-likeness (QED) is 0.0722. The Morgan fingerprint density at radius 1 is 0.725 bits per heavy atom. The molecule has 0 unspecified atom stereocenters. The highest BCUT2D eigenvalue weighted by Crippen LogP contribution is 2.19. The van der Waals surface area contributed by atoms with Crippen LogP contribution in [0.1, 0.15) is 11.1 Å². The minimum absolute atomic E-state index is 0.139. The monoisotopic (exact) mass is 692 g/mol. The third-order valence-corrected chi connectivity index (χ3v) is 5.30. The minimum Gasteiger partial charge on any atom is -0.399 e. The lowest BCUT2D eigenvalue weighted by Gasteiger charge is -2.04. The number of nitrogen functional groups attached to an aromatic ring is 1. The number of hydrogen-bond acceptors (Lipinski definition) is 3. The van der Waals surface area contributed by atoms with Gasteiger partial charge in [0.1, 0.15) is 40.7 Å². The summed E-state index contributed by atoms with van der Waals surface area (Å²) in [7, 11) is 0. The fourth-order valence-electron chi connectivity index (χ4n) is 2.52. The van der Waals surface area contributed by atoms with Gasteiger partial charge in [0, 0.05) is 14.6 Å². The van der Waals surface area contributed by atoms with Crippen molar-refractivity contribution >= 4 is 63.2 Å². The first-order valence-electron chi connectivity index (χ1n) is 11.7. The van der Waals surface area contributed by atoms with Crippen molar-refractivity contribution in [2.45, 2.75) is 17.4 Å². The van der Waals surface area contributed by atoms with Gasteiger partial charge in [-0.1, -0.05) is 44.0 Å². The molecule has 208 valence electrons. The number of halogens is 6. The molecule has 0 amide bonds. The summed E-state index contributed by atoms with van der Waals surface area (Å²) in [6.07, 6.45) is 0. The van der Waals surface area contributed by atoms with Gasteiger partial charge in [0.2, 0.25) is 0 Å². The Bertz CT molecular complexity index is 1360. The number of nitrogens with zero attached hydrogens (tertiary/aromatic N) is 2. The average Bonchev–Trinajstić information content (AvgIpc) is 2.88. The number of nitrogens with two attached hydrogens (primary N) is 2. The van der Waals surface area contributed by atoms with Crippen molar-refractivity contribution in [3.05, 3.63) is 128 Å². The summed E-state index contributed by atoms with van der Waals surface area (Å²) in [5, 5.41) is 8.17. The third-order valence-electron chi connectivity index (χ3n) is 4.24. The molecule has 11 heteroatoms. The first kappa shape index (κ1) is 34.9. The SMILES string of the molecule is N#Cc1c(F)cccc1F.NC(=Nc1ccc(Br)cc1)c1c(F)cccc1F.Nc1ccc(Br)cc1.[CH3][Al]([CH3])[CH3]. The van der Waals surface area contributed by atoms with Crippen molar-refractivity contribution in [1.29, 1.82) is 5.26 Å². The number of anilines is 1. The zero-order valence-electron chi connectivity index (χ0n) is 22.0. The second kappa shape index (κ2) is 18.2. The van der Waals surface area contributed by atoms with Crippen LogP contribution in [0.4, 0.5) is 28.9 Å². The predicted octanol–water partition coefficient (Wildman–Crippen LogP) is 9.00. The van der Waals surface area contributed by atoms with Crippen LogP contribution in [0.15, 0.2) is 98.9 Å². The summed E-state index contributed by atoms with van der Waals surface area (Å²) in [4.78, 5) is 3.99. The normalized spacial score (nSPS) is 9.95. The number of aliphatic imine (C=N–C) groups is 1. The van der Waals surface area contributed by atoms with E-state index in [9.17, 15) is 17.6 Å². The molecule has 0 heterocycles. The highest BCUT2D eigenvalue weighted by Gasteiger charge is 2.12. The summed E-state index contributed by atoms with van der Waals surface area (Å²) in [6, 6.07) is 22.7. The molecule has 40 heavy (non-hydrogen) atoms. The first-order chi connectivity index (χ1) is 18.8. The van der Waals surface area contributed by atoms with E-state index < -0.39 is 28.8 Å². The lowest BCUT2D eigenvalue weighted by Crippen LogP contribution is -2.16. The van der Waals surface area contributed by atoms with Crippen LogP contribution < -0.4 is 11.5 Å². The van der Waals surface area contributed by atoms with Gasteiger partial charge in [0.25, 0.3) is 14.1 Å². The molecule has 0 fully saturated rings. The Labute approximate surface area is 253 Å². The summed E-state index contributed by atoms with van der Waals surface area (Å²) in [5.74, 6) is 3.64. The lowest BCUT2D eigenvalue weighted by molar-refractivity contribution is 0.576. The van der Waals surface area contributed by atoms with Crippen molar-refractivity contribution in [2.24, 2.45) is 10.7 Å². The molecule has 0 spiro atoms. The largest absolute Gasteiger partial charge is 0.399 e. The van der Waals surface area contributed by atoms with Crippen LogP contribution in [0.5, 0.6) is 0 Å². The Morgan fingerprint density at radius 3 is 1.45 bits per heavy atom. The summed E-state index contributed by atoms with van der Waals surface area (Å²) in [5.41, 5.74) is 11.5. The van der Waals surface area contributed by atoms with Crippen LogP contribution in [0, 0.1) is 34.6 Å². The van der Waals surface area contributed by atoms with Gasteiger partial charge < -0.3 is 11.5 Å². The fourth-order valence-corrected chi connectivity index (χ4v) is 3.05. The minimum atomic E-state index is -0.817. The number of benzene rings is 4.